The smallest absolute Gasteiger partial charge is 0.336 e. The fourth-order valence-corrected chi connectivity index (χ4v) is 2.77. The van der Waals surface area contributed by atoms with Gasteiger partial charge in [-0.25, -0.2) is 4.79 Å². The van der Waals surface area contributed by atoms with Gasteiger partial charge in [0.05, 0.1) is 11.1 Å². The lowest BCUT2D eigenvalue weighted by atomic mass is 9.96. The van der Waals surface area contributed by atoms with E-state index in [1.807, 2.05) is 0 Å². The molecule has 21 heavy (non-hydrogen) atoms. The molecule has 0 radical (unpaired) electrons. The van der Waals surface area contributed by atoms with Crippen LogP contribution in [0.5, 0.6) is 0 Å². The second-order valence-electron chi connectivity index (χ2n) is 5.52. The second kappa shape index (κ2) is 6.57. The molecule has 0 atom stereocenters. The molecule has 1 aliphatic carbocycles. The number of carbonyl (C=O) groups is 2. The number of carbonyl (C=O) groups excluding carboxylic acids is 1. The van der Waals surface area contributed by atoms with Crippen LogP contribution in [0.25, 0.3) is 0 Å². The summed E-state index contributed by atoms with van der Waals surface area (Å²) in [5, 5.41) is 12.2. The second-order valence-corrected chi connectivity index (χ2v) is 5.52. The summed E-state index contributed by atoms with van der Waals surface area (Å²) < 4.78 is 0. The van der Waals surface area contributed by atoms with Crippen molar-refractivity contribution in [2.75, 3.05) is 6.54 Å². The van der Waals surface area contributed by atoms with Crippen molar-refractivity contribution in [1.29, 1.82) is 0 Å². The van der Waals surface area contributed by atoms with Crippen LogP contribution in [0.15, 0.2) is 23.8 Å². The van der Waals surface area contributed by atoms with Gasteiger partial charge in [-0.05, 0) is 50.7 Å². The Kier molecular flexibility index (Phi) is 4.78. The molecule has 1 aliphatic rings. The van der Waals surface area contributed by atoms with E-state index in [0.29, 0.717) is 17.7 Å². The minimum Gasteiger partial charge on any atom is -0.478 e. The molecular weight excluding hydrogens is 266 g/mol. The van der Waals surface area contributed by atoms with Crippen molar-refractivity contribution in [1.82, 2.24) is 5.32 Å². The average molecular weight is 287 g/mol. The summed E-state index contributed by atoms with van der Waals surface area (Å²) in [5.74, 6) is -1.35. The molecule has 0 saturated heterocycles. The van der Waals surface area contributed by atoms with Gasteiger partial charge in [-0.3, -0.25) is 4.79 Å². The highest BCUT2D eigenvalue weighted by molar-refractivity contribution is 6.06. The Bertz CT molecular complexity index is 602. The highest BCUT2D eigenvalue weighted by atomic mass is 16.4. The largest absolute Gasteiger partial charge is 0.478 e. The van der Waals surface area contributed by atoms with E-state index in [1.165, 1.54) is 12.0 Å². The monoisotopic (exact) mass is 287 g/mol. The van der Waals surface area contributed by atoms with Crippen LogP contribution in [0.2, 0.25) is 0 Å². The Morgan fingerprint density at radius 3 is 2.43 bits per heavy atom. The van der Waals surface area contributed by atoms with E-state index in [1.54, 1.807) is 26.0 Å². The van der Waals surface area contributed by atoms with E-state index >= 15 is 0 Å². The number of allylic oxidation sites excluding steroid dienone is 1. The number of hydrogen-bond acceptors (Lipinski definition) is 2. The van der Waals surface area contributed by atoms with Crippen molar-refractivity contribution in [3.8, 4) is 0 Å². The number of nitrogens with one attached hydrogen (secondary N) is 1. The number of benzene rings is 1. The Morgan fingerprint density at radius 2 is 1.86 bits per heavy atom. The van der Waals surface area contributed by atoms with Crippen LogP contribution in [0.3, 0.4) is 0 Å². The normalized spacial score (nSPS) is 13.9. The molecule has 1 amide bonds. The number of amides is 1. The summed E-state index contributed by atoms with van der Waals surface area (Å²) in [6.45, 7) is 4.03. The summed E-state index contributed by atoms with van der Waals surface area (Å²) in [5.41, 5.74) is 3.07. The summed E-state index contributed by atoms with van der Waals surface area (Å²) in [6, 6.07) is 3.52. The zero-order valence-electron chi connectivity index (χ0n) is 12.5. The van der Waals surface area contributed by atoms with E-state index in [0.717, 1.165) is 19.3 Å². The van der Waals surface area contributed by atoms with Gasteiger partial charge in [0.1, 0.15) is 0 Å². The Labute approximate surface area is 124 Å². The van der Waals surface area contributed by atoms with Gasteiger partial charge >= 0.3 is 5.97 Å². The zero-order valence-corrected chi connectivity index (χ0v) is 12.5. The first kappa shape index (κ1) is 15.3. The predicted octanol–water partition coefficient (Wildman–Crippen LogP) is 3.23. The SMILES string of the molecule is Cc1ccc(C)c(C(=O)NCCC2=CCCC2)c1C(=O)O. The van der Waals surface area contributed by atoms with Gasteiger partial charge < -0.3 is 10.4 Å². The molecule has 0 unspecified atom stereocenters. The van der Waals surface area contributed by atoms with Crippen molar-refractivity contribution < 1.29 is 14.7 Å². The maximum absolute atomic E-state index is 12.3. The molecule has 0 aromatic heterocycles. The topological polar surface area (TPSA) is 66.4 Å². The summed E-state index contributed by atoms with van der Waals surface area (Å²) in [4.78, 5) is 23.7. The van der Waals surface area contributed by atoms with Crippen LogP contribution in [-0.2, 0) is 0 Å². The molecule has 0 bridgehead atoms. The van der Waals surface area contributed by atoms with Gasteiger partial charge in [0, 0.05) is 6.54 Å². The van der Waals surface area contributed by atoms with Crippen LogP contribution >= 0.6 is 0 Å². The van der Waals surface area contributed by atoms with E-state index in [4.69, 9.17) is 0 Å². The molecule has 112 valence electrons. The number of hydrogen-bond donors (Lipinski definition) is 2. The van der Waals surface area contributed by atoms with Gasteiger partial charge in [0.2, 0.25) is 0 Å². The number of aromatic carboxylic acids is 1. The summed E-state index contributed by atoms with van der Waals surface area (Å²) in [6.07, 6.45) is 6.51. The number of aryl methyl sites for hydroxylation is 2. The van der Waals surface area contributed by atoms with E-state index in [-0.39, 0.29) is 17.0 Å². The number of carboxylic acids is 1. The van der Waals surface area contributed by atoms with Crippen molar-refractivity contribution in [2.45, 2.75) is 39.5 Å². The number of carboxylic acid groups (broad SMARTS) is 1. The lowest BCUT2D eigenvalue weighted by molar-refractivity contribution is 0.0690. The maximum Gasteiger partial charge on any atom is 0.336 e. The molecule has 0 aliphatic heterocycles. The summed E-state index contributed by atoms with van der Waals surface area (Å²) >= 11 is 0. The quantitative estimate of drug-likeness (QED) is 0.817. The predicted molar refractivity (Wildman–Crippen MR) is 81.8 cm³/mol. The Morgan fingerprint density at radius 1 is 1.19 bits per heavy atom. The fourth-order valence-electron chi connectivity index (χ4n) is 2.77. The molecule has 1 aromatic carbocycles. The van der Waals surface area contributed by atoms with E-state index in [9.17, 15) is 14.7 Å². The van der Waals surface area contributed by atoms with Crippen LogP contribution in [0, 0.1) is 13.8 Å². The molecule has 0 saturated carbocycles. The van der Waals surface area contributed by atoms with Crippen molar-refractivity contribution in [3.63, 3.8) is 0 Å². The minimum atomic E-state index is -1.06. The maximum atomic E-state index is 12.3. The Hall–Kier alpha value is -2.10. The molecule has 2 N–H and O–H groups in total. The molecular formula is C17H21NO3. The first-order chi connectivity index (χ1) is 10.0. The molecule has 1 aromatic rings. The van der Waals surface area contributed by atoms with Crippen molar-refractivity contribution >= 4 is 11.9 Å². The lowest BCUT2D eigenvalue weighted by Crippen LogP contribution is -2.28. The van der Waals surface area contributed by atoms with Crippen LogP contribution in [0.1, 0.15) is 57.5 Å². The fraction of sp³-hybridized carbons (Fsp3) is 0.412. The van der Waals surface area contributed by atoms with Gasteiger partial charge in [0.25, 0.3) is 5.91 Å². The first-order valence-electron chi connectivity index (χ1n) is 7.30. The number of rotatable bonds is 5. The molecule has 0 fully saturated rings. The minimum absolute atomic E-state index is 0.104. The third-order valence-corrected chi connectivity index (χ3v) is 3.93. The zero-order chi connectivity index (χ0) is 15.4. The molecule has 0 spiro atoms. The molecule has 4 heteroatoms. The average Bonchev–Trinajstić information content (AvgIpc) is 2.93. The van der Waals surface area contributed by atoms with E-state index < -0.39 is 5.97 Å². The van der Waals surface area contributed by atoms with Crippen LogP contribution < -0.4 is 5.32 Å². The van der Waals surface area contributed by atoms with Gasteiger partial charge in [0.15, 0.2) is 0 Å². The van der Waals surface area contributed by atoms with Crippen molar-refractivity contribution in [2.24, 2.45) is 0 Å². The van der Waals surface area contributed by atoms with Gasteiger partial charge in [-0.2, -0.15) is 0 Å². The highest BCUT2D eigenvalue weighted by Crippen LogP contribution is 2.21. The van der Waals surface area contributed by atoms with E-state index in [2.05, 4.69) is 11.4 Å². The third kappa shape index (κ3) is 3.51. The first-order valence-corrected chi connectivity index (χ1v) is 7.30. The summed E-state index contributed by atoms with van der Waals surface area (Å²) in [7, 11) is 0. The molecule has 0 heterocycles. The molecule has 2 rings (SSSR count). The third-order valence-electron chi connectivity index (χ3n) is 3.93. The lowest BCUT2D eigenvalue weighted by Gasteiger charge is -2.13. The van der Waals surface area contributed by atoms with Gasteiger partial charge in [-0.15, -0.1) is 0 Å². The Balaban J connectivity index is 2.11. The van der Waals surface area contributed by atoms with Gasteiger partial charge in [-0.1, -0.05) is 23.8 Å². The van der Waals surface area contributed by atoms with Crippen molar-refractivity contribution in [3.05, 3.63) is 46.0 Å². The van der Waals surface area contributed by atoms with Crippen LogP contribution in [0.4, 0.5) is 0 Å². The highest BCUT2D eigenvalue weighted by Gasteiger charge is 2.21. The standard InChI is InChI=1S/C17H21NO3/c1-11-7-8-12(2)15(17(20)21)14(11)16(19)18-10-9-13-5-3-4-6-13/h5,7-8H,3-4,6,9-10H2,1-2H3,(H,18,19)(H,20,21). The molecule has 4 nitrogen and oxygen atoms in total. The van der Waals surface area contributed by atoms with Crippen LogP contribution in [-0.4, -0.2) is 23.5 Å².